The van der Waals surface area contributed by atoms with Crippen LogP contribution in [0.4, 0.5) is 5.69 Å². The number of rotatable bonds is 10. The molecule has 0 fully saturated rings. The third-order valence-electron chi connectivity index (χ3n) is 6.17. The lowest BCUT2D eigenvalue weighted by atomic mass is 9.87. The maximum atomic E-state index is 13.6. The highest BCUT2D eigenvalue weighted by molar-refractivity contribution is 7.92. The van der Waals surface area contributed by atoms with Crippen LogP contribution in [-0.2, 0) is 31.6 Å². The second kappa shape index (κ2) is 12.1. The van der Waals surface area contributed by atoms with E-state index in [1.165, 1.54) is 4.90 Å². The number of sulfonamides is 1. The molecule has 0 aliphatic heterocycles. The van der Waals surface area contributed by atoms with Crippen LogP contribution in [0.25, 0.3) is 0 Å². The van der Waals surface area contributed by atoms with Gasteiger partial charge in [0.05, 0.1) is 11.9 Å². The number of halogens is 1. The maximum Gasteiger partial charge on any atom is 0.244 e. The van der Waals surface area contributed by atoms with Gasteiger partial charge in [0.2, 0.25) is 21.8 Å². The van der Waals surface area contributed by atoms with Crippen LogP contribution in [0.1, 0.15) is 59.1 Å². The first-order valence-corrected chi connectivity index (χ1v) is 14.3. The molecule has 0 unspecified atom stereocenters. The van der Waals surface area contributed by atoms with E-state index in [0.717, 1.165) is 22.5 Å². The maximum absolute atomic E-state index is 13.6. The minimum absolute atomic E-state index is 0.0637. The number of hydrogen-bond acceptors (Lipinski definition) is 4. The fourth-order valence-corrected chi connectivity index (χ4v) is 4.64. The summed E-state index contributed by atoms with van der Waals surface area (Å²) < 4.78 is 26.5. The number of carbonyl (C=O) groups is 2. The molecule has 7 nitrogen and oxygen atoms in total. The molecule has 2 atom stereocenters. The summed E-state index contributed by atoms with van der Waals surface area (Å²) in [7, 11) is -3.79. The number of hydrogen-bond donors (Lipinski definition) is 1. The van der Waals surface area contributed by atoms with Gasteiger partial charge in [-0.25, -0.2) is 8.42 Å². The van der Waals surface area contributed by atoms with Gasteiger partial charge >= 0.3 is 0 Å². The Kier molecular flexibility index (Phi) is 9.97. The van der Waals surface area contributed by atoms with E-state index >= 15 is 0 Å². The van der Waals surface area contributed by atoms with E-state index in [1.54, 1.807) is 43.3 Å². The molecule has 2 aromatic carbocycles. The zero-order chi connectivity index (χ0) is 27.3. The van der Waals surface area contributed by atoms with Crippen LogP contribution in [0, 0.1) is 0 Å². The zero-order valence-electron chi connectivity index (χ0n) is 22.2. The summed E-state index contributed by atoms with van der Waals surface area (Å²) in [5.41, 5.74) is 1.99. The molecule has 0 spiro atoms. The second-order valence-electron chi connectivity index (χ2n) is 10.2. The molecule has 0 aliphatic carbocycles. The third-order valence-corrected chi connectivity index (χ3v) is 7.68. The summed E-state index contributed by atoms with van der Waals surface area (Å²) in [6.07, 6.45) is 1.80. The minimum Gasteiger partial charge on any atom is -0.352 e. The molecule has 198 valence electrons. The van der Waals surface area contributed by atoms with Gasteiger partial charge in [0, 0.05) is 17.6 Å². The van der Waals surface area contributed by atoms with Crippen LogP contribution < -0.4 is 9.62 Å². The van der Waals surface area contributed by atoms with Gasteiger partial charge in [0.1, 0.15) is 12.6 Å². The van der Waals surface area contributed by atoms with Crippen molar-refractivity contribution < 1.29 is 18.0 Å². The van der Waals surface area contributed by atoms with Crippen LogP contribution in [-0.4, -0.2) is 50.0 Å². The Balaban J connectivity index is 2.41. The summed E-state index contributed by atoms with van der Waals surface area (Å²) in [4.78, 5) is 27.9. The van der Waals surface area contributed by atoms with Crippen molar-refractivity contribution in [1.29, 1.82) is 0 Å². The Morgan fingerprint density at radius 1 is 1.03 bits per heavy atom. The molecular weight excluding hydrogens is 498 g/mol. The molecule has 0 aromatic heterocycles. The lowest BCUT2D eigenvalue weighted by molar-refractivity contribution is -0.139. The molecule has 9 heteroatoms. The molecule has 0 aliphatic rings. The van der Waals surface area contributed by atoms with Crippen molar-refractivity contribution >= 4 is 39.1 Å². The molecule has 0 saturated carbocycles. The van der Waals surface area contributed by atoms with Gasteiger partial charge in [-0.3, -0.25) is 13.9 Å². The van der Waals surface area contributed by atoms with Gasteiger partial charge in [-0.05, 0) is 55.0 Å². The lowest BCUT2D eigenvalue weighted by Gasteiger charge is -2.32. The van der Waals surface area contributed by atoms with Gasteiger partial charge < -0.3 is 10.2 Å². The average Bonchev–Trinajstić information content (AvgIpc) is 2.80. The molecule has 0 bridgehead atoms. The number of amides is 2. The monoisotopic (exact) mass is 535 g/mol. The van der Waals surface area contributed by atoms with E-state index in [4.69, 9.17) is 11.6 Å². The van der Waals surface area contributed by atoms with Crippen molar-refractivity contribution in [2.45, 2.75) is 72.0 Å². The highest BCUT2D eigenvalue weighted by Crippen LogP contribution is 2.26. The third kappa shape index (κ3) is 7.96. The van der Waals surface area contributed by atoms with Crippen molar-refractivity contribution in [3.05, 3.63) is 64.7 Å². The first kappa shape index (κ1) is 29.6. The van der Waals surface area contributed by atoms with Crippen LogP contribution in [0.5, 0.6) is 0 Å². The molecule has 1 N–H and O–H groups in total. The number of carbonyl (C=O) groups excluding carboxylic acids is 2. The van der Waals surface area contributed by atoms with Crippen molar-refractivity contribution in [2.24, 2.45) is 0 Å². The van der Waals surface area contributed by atoms with Crippen molar-refractivity contribution in [3.63, 3.8) is 0 Å². The topological polar surface area (TPSA) is 86.8 Å². The molecular formula is C27H38ClN3O4S. The Morgan fingerprint density at radius 3 is 2.11 bits per heavy atom. The van der Waals surface area contributed by atoms with Gasteiger partial charge in [-0.15, -0.1) is 0 Å². The van der Waals surface area contributed by atoms with Crippen molar-refractivity contribution in [1.82, 2.24) is 10.2 Å². The fourth-order valence-electron chi connectivity index (χ4n) is 3.60. The molecule has 0 radical (unpaired) electrons. The van der Waals surface area contributed by atoms with Crippen LogP contribution in [0.3, 0.4) is 0 Å². The Labute approximate surface area is 220 Å². The second-order valence-corrected chi connectivity index (χ2v) is 12.5. The average molecular weight is 536 g/mol. The zero-order valence-corrected chi connectivity index (χ0v) is 23.8. The van der Waals surface area contributed by atoms with E-state index in [-0.39, 0.29) is 23.9 Å². The van der Waals surface area contributed by atoms with E-state index in [2.05, 4.69) is 26.1 Å². The Morgan fingerprint density at radius 2 is 1.61 bits per heavy atom. The number of anilines is 1. The van der Waals surface area contributed by atoms with E-state index in [9.17, 15) is 18.0 Å². The van der Waals surface area contributed by atoms with Gasteiger partial charge in [0.25, 0.3) is 0 Å². The number of nitrogens with one attached hydrogen (secondary N) is 1. The molecule has 2 rings (SSSR count). The summed E-state index contributed by atoms with van der Waals surface area (Å²) in [5, 5.41) is 3.36. The smallest absolute Gasteiger partial charge is 0.244 e. The molecule has 36 heavy (non-hydrogen) atoms. The molecule has 0 saturated heterocycles. The van der Waals surface area contributed by atoms with Crippen LogP contribution >= 0.6 is 11.6 Å². The highest BCUT2D eigenvalue weighted by atomic mass is 35.5. The summed E-state index contributed by atoms with van der Waals surface area (Å²) in [6.45, 7) is 11.3. The summed E-state index contributed by atoms with van der Waals surface area (Å²) >= 11 is 6.34. The number of nitrogens with zero attached hydrogens (tertiary/aromatic N) is 2. The highest BCUT2D eigenvalue weighted by Gasteiger charge is 2.31. The normalized spacial score (nSPS) is 13.6. The van der Waals surface area contributed by atoms with Crippen molar-refractivity contribution in [2.75, 3.05) is 17.1 Å². The van der Waals surface area contributed by atoms with Crippen LogP contribution in [0.15, 0.2) is 48.5 Å². The van der Waals surface area contributed by atoms with Crippen molar-refractivity contribution in [3.8, 4) is 0 Å². The lowest BCUT2D eigenvalue weighted by Crippen LogP contribution is -2.52. The van der Waals surface area contributed by atoms with E-state index < -0.39 is 28.5 Å². The van der Waals surface area contributed by atoms with E-state index in [0.29, 0.717) is 16.3 Å². The van der Waals surface area contributed by atoms with Gasteiger partial charge in [-0.1, -0.05) is 69.6 Å². The summed E-state index contributed by atoms with van der Waals surface area (Å²) in [5.74, 6) is -0.822. The molecule has 2 amide bonds. The largest absolute Gasteiger partial charge is 0.352 e. The quantitative estimate of drug-likeness (QED) is 0.476. The molecule has 0 heterocycles. The van der Waals surface area contributed by atoms with Gasteiger partial charge in [0.15, 0.2) is 0 Å². The predicted molar refractivity (Wildman–Crippen MR) is 147 cm³/mol. The number of benzene rings is 2. The van der Waals surface area contributed by atoms with E-state index in [1.807, 2.05) is 26.0 Å². The first-order chi connectivity index (χ1) is 16.6. The van der Waals surface area contributed by atoms with Crippen LogP contribution in [0.2, 0.25) is 5.02 Å². The Hall–Kier alpha value is -2.58. The van der Waals surface area contributed by atoms with Gasteiger partial charge in [-0.2, -0.15) is 0 Å². The Bertz CT molecular complexity index is 1160. The molecule has 2 aromatic rings. The first-order valence-electron chi connectivity index (χ1n) is 12.1. The minimum atomic E-state index is -3.79. The SMILES string of the molecule is CC[C@@H](C)NC(=O)[C@H](C)N(Cc1ccccc1Cl)C(=O)CN(c1ccc(C(C)(C)C)cc1)S(C)(=O)=O. The summed E-state index contributed by atoms with van der Waals surface area (Å²) in [6, 6.07) is 13.3. The fraction of sp³-hybridized carbons (Fsp3) is 0.481. The standard InChI is InChI=1S/C27H38ClN3O4S/c1-8-19(2)29-26(33)20(3)30(17-21-11-9-10-12-24(21)28)25(32)18-31(36(7,34)35)23-15-13-22(14-16-23)27(4,5)6/h9-16,19-20H,8,17-18H2,1-7H3,(H,29,33)/t19-,20+/m1/s1. The predicted octanol–water partition coefficient (Wildman–Crippen LogP) is 4.74.